The lowest BCUT2D eigenvalue weighted by atomic mass is 10.1. The third kappa shape index (κ3) is 3.71. The lowest BCUT2D eigenvalue weighted by Gasteiger charge is -2.03. The van der Waals surface area contributed by atoms with E-state index in [1.54, 1.807) is 36.4 Å². The van der Waals surface area contributed by atoms with Gasteiger partial charge in [-0.2, -0.15) is 5.26 Å². The fourth-order valence-electron chi connectivity index (χ4n) is 1.63. The second kappa shape index (κ2) is 6.55. The number of hydrogen-bond donors (Lipinski definition) is 1. The topological polar surface area (TPSA) is 52.9 Å². The molecule has 0 heterocycles. The van der Waals surface area contributed by atoms with E-state index in [9.17, 15) is 4.79 Å². The Bertz CT molecular complexity index is 687. The predicted octanol–water partition coefficient (Wildman–Crippen LogP) is 3.89. The first-order valence-electron chi connectivity index (χ1n) is 5.93. The number of nitriles is 1. The van der Waals surface area contributed by atoms with Crippen LogP contribution in [0.5, 0.6) is 0 Å². The van der Waals surface area contributed by atoms with Crippen LogP contribution >= 0.6 is 11.6 Å². The summed E-state index contributed by atoms with van der Waals surface area (Å²) in [6, 6.07) is 17.8. The summed E-state index contributed by atoms with van der Waals surface area (Å²) in [6.45, 7) is 0. The summed E-state index contributed by atoms with van der Waals surface area (Å²) in [6.07, 6.45) is 1.50. The number of nitrogens with zero attached hydrogens (tertiary/aromatic N) is 1. The van der Waals surface area contributed by atoms with Crippen molar-refractivity contribution in [2.24, 2.45) is 0 Å². The van der Waals surface area contributed by atoms with E-state index in [-0.39, 0.29) is 5.57 Å². The molecule has 0 radical (unpaired) electrons. The largest absolute Gasteiger partial charge is 0.321 e. The second-order valence-electron chi connectivity index (χ2n) is 4.04. The highest BCUT2D eigenvalue weighted by Crippen LogP contribution is 2.15. The molecule has 0 unspecified atom stereocenters. The zero-order chi connectivity index (χ0) is 14.4. The quantitative estimate of drug-likeness (QED) is 0.686. The molecule has 0 atom stereocenters. The van der Waals surface area contributed by atoms with Gasteiger partial charge in [0.1, 0.15) is 11.6 Å². The third-order valence-corrected chi connectivity index (χ3v) is 2.79. The van der Waals surface area contributed by atoms with Gasteiger partial charge >= 0.3 is 0 Å². The average Bonchev–Trinajstić information content (AvgIpc) is 2.46. The number of rotatable bonds is 3. The molecule has 0 saturated carbocycles. The maximum absolute atomic E-state index is 12.0. The fraction of sp³-hybridized carbons (Fsp3) is 0. The maximum Gasteiger partial charge on any atom is 0.266 e. The molecule has 0 aliphatic rings. The zero-order valence-corrected chi connectivity index (χ0v) is 11.3. The van der Waals surface area contributed by atoms with Crippen molar-refractivity contribution < 1.29 is 4.79 Å². The van der Waals surface area contributed by atoms with Crippen LogP contribution in [-0.2, 0) is 4.79 Å². The Morgan fingerprint density at radius 3 is 2.55 bits per heavy atom. The molecule has 98 valence electrons. The molecule has 0 aliphatic carbocycles. The van der Waals surface area contributed by atoms with Gasteiger partial charge in [-0.05, 0) is 35.9 Å². The van der Waals surface area contributed by atoms with E-state index in [1.165, 1.54) is 6.08 Å². The van der Waals surface area contributed by atoms with Gasteiger partial charge in [-0.3, -0.25) is 4.79 Å². The molecule has 2 rings (SSSR count). The molecule has 0 saturated heterocycles. The van der Waals surface area contributed by atoms with Gasteiger partial charge in [0, 0.05) is 10.7 Å². The molecule has 0 spiro atoms. The Balaban J connectivity index is 2.20. The summed E-state index contributed by atoms with van der Waals surface area (Å²) in [5, 5.41) is 12.3. The Morgan fingerprint density at radius 1 is 1.15 bits per heavy atom. The van der Waals surface area contributed by atoms with Crippen molar-refractivity contribution in [3.05, 3.63) is 70.8 Å². The lowest BCUT2D eigenvalue weighted by molar-refractivity contribution is -0.112. The molecule has 1 N–H and O–H groups in total. The molecule has 2 aromatic carbocycles. The number of amides is 1. The first-order valence-corrected chi connectivity index (χ1v) is 6.30. The summed E-state index contributed by atoms with van der Waals surface area (Å²) >= 11 is 5.87. The van der Waals surface area contributed by atoms with Gasteiger partial charge in [0.15, 0.2) is 0 Å². The van der Waals surface area contributed by atoms with Gasteiger partial charge in [0.05, 0.1) is 0 Å². The van der Waals surface area contributed by atoms with Crippen LogP contribution < -0.4 is 5.32 Å². The van der Waals surface area contributed by atoms with Crippen LogP contribution in [0.25, 0.3) is 6.08 Å². The van der Waals surface area contributed by atoms with Crippen LogP contribution in [0.1, 0.15) is 5.56 Å². The highest BCUT2D eigenvalue weighted by Gasteiger charge is 2.09. The Kier molecular flexibility index (Phi) is 4.54. The molecule has 1 amide bonds. The van der Waals surface area contributed by atoms with Crippen LogP contribution in [0.15, 0.2) is 60.2 Å². The van der Waals surface area contributed by atoms with Crippen LogP contribution in [0.4, 0.5) is 5.69 Å². The van der Waals surface area contributed by atoms with Gasteiger partial charge in [0.2, 0.25) is 0 Å². The number of halogens is 1. The molecule has 0 aliphatic heterocycles. The minimum Gasteiger partial charge on any atom is -0.321 e. The molecule has 4 heteroatoms. The smallest absolute Gasteiger partial charge is 0.266 e. The van der Waals surface area contributed by atoms with Crippen LogP contribution in [-0.4, -0.2) is 5.91 Å². The summed E-state index contributed by atoms with van der Waals surface area (Å²) < 4.78 is 0. The van der Waals surface area contributed by atoms with Crippen molar-refractivity contribution in [1.82, 2.24) is 0 Å². The summed E-state index contributed by atoms with van der Waals surface area (Å²) in [7, 11) is 0. The number of carbonyl (C=O) groups is 1. The highest BCUT2D eigenvalue weighted by molar-refractivity contribution is 6.30. The first kappa shape index (κ1) is 13.9. The predicted molar refractivity (Wildman–Crippen MR) is 80.1 cm³/mol. The van der Waals surface area contributed by atoms with E-state index >= 15 is 0 Å². The molecule has 0 fully saturated rings. The third-order valence-electron chi connectivity index (χ3n) is 2.56. The number of hydrogen-bond acceptors (Lipinski definition) is 2. The molecule has 0 bridgehead atoms. The first-order chi connectivity index (χ1) is 9.69. The Labute approximate surface area is 122 Å². The van der Waals surface area contributed by atoms with E-state index in [1.807, 2.05) is 24.3 Å². The van der Waals surface area contributed by atoms with Gasteiger partial charge in [-0.15, -0.1) is 0 Å². The number of carbonyl (C=O) groups excluding carboxylic acids is 1. The maximum atomic E-state index is 12.0. The number of para-hydroxylation sites is 1. The normalized spacial score (nSPS) is 10.7. The van der Waals surface area contributed by atoms with Gasteiger partial charge in [-0.25, -0.2) is 0 Å². The van der Waals surface area contributed by atoms with Crippen molar-refractivity contribution in [2.45, 2.75) is 0 Å². The minimum absolute atomic E-state index is 0.0242. The molecule has 20 heavy (non-hydrogen) atoms. The Morgan fingerprint density at radius 2 is 1.90 bits per heavy atom. The fourth-order valence-corrected chi connectivity index (χ4v) is 1.83. The van der Waals surface area contributed by atoms with Crippen LogP contribution in [0.2, 0.25) is 5.02 Å². The molecule has 3 nitrogen and oxygen atoms in total. The van der Waals surface area contributed by atoms with E-state index in [4.69, 9.17) is 16.9 Å². The van der Waals surface area contributed by atoms with Crippen LogP contribution in [0, 0.1) is 11.3 Å². The number of nitrogens with one attached hydrogen (secondary N) is 1. The molecular formula is C16H11ClN2O. The van der Waals surface area contributed by atoms with Gasteiger partial charge in [-0.1, -0.05) is 41.9 Å². The molecule has 2 aromatic rings. The van der Waals surface area contributed by atoms with Crippen molar-refractivity contribution in [3.63, 3.8) is 0 Å². The SMILES string of the molecule is N#CC(=Cc1cccc(Cl)c1)C(=O)Nc1ccccc1. The number of benzene rings is 2. The minimum atomic E-state index is -0.446. The Hall–Kier alpha value is -2.57. The average molecular weight is 283 g/mol. The van der Waals surface area contributed by atoms with Crippen molar-refractivity contribution in [3.8, 4) is 6.07 Å². The van der Waals surface area contributed by atoms with Crippen molar-refractivity contribution in [1.29, 1.82) is 5.26 Å². The standard InChI is InChI=1S/C16H11ClN2O/c17-14-6-4-5-12(10-14)9-13(11-18)16(20)19-15-7-2-1-3-8-15/h1-10H,(H,19,20). The monoisotopic (exact) mass is 282 g/mol. The summed E-state index contributed by atoms with van der Waals surface area (Å²) in [5.41, 5.74) is 1.37. The van der Waals surface area contributed by atoms with E-state index in [0.29, 0.717) is 16.3 Å². The summed E-state index contributed by atoms with van der Waals surface area (Å²) in [5.74, 6) is -0.446. The lowest BCUT2D eigenvalue weighted by Crippen LogP contribution is -2.13. The molecule has 0 aromatic heterocycles. The molecular weight excluding hydrogens is 272 g/mol. The number of anilines is 1. The van der Waals surface area contributed by atoms with Crippen LogP contribution in [0.3, 0.4) is 0 Å². The summed E-state index contributed by atoms with van der Waals surface area (Å²) in [4.78, 5) is 12.0. The van der Waals surface area contributed by atoms with Crippen molar-refractivity contribution >= 4 is 29.3 Å². The van der Waals surface area contributed by atoms with Crippen molar-refractivity contribution in [2.75, 3.05) is 5.32 Å². The van der Waals surface area contributed by atoms with Gasteiger partial charge < -0.3 is 5.32 Å². The highest BCUT2D eigenvalue weighted by atomic mass is 35.5. The van der Waals surface area contributed by atoms with Gasteiger partial charge in [0.25, 0.3) is 5.91 Å². The zero-order valence-electron chi connectivity index (χ0n) is 10.5. The second-order valence-corrected chi connectivity index (χ2v) is 4.48. The van der Waals surface area contributed by atoms with E-state index < -0.39 is 5.91 Å². The van der Waals surface area contributed by atoms with E-state index in [0.717, 1.165) is 0 Å². The van der Waals surface area contributed by atoms with E-state index in [2.05, 4.69) is 5.32 Å².